The van der Waals surface area contributed by atoms with Crippen LogP contribution in [-0.2, 0) is 23.6 Å². The van der Waals surface area contributed by atoms with Crippen LogP contribution in [0, 0.1) is 6.92 Å². The van der Waals surface area contributed by atoms with E-state index in [1.165, 1.54) is 4.31 Å². The van der Waals surface area contributed by atoms with Gasteiger partial charge in [0.05, 0.1) is 31.3 Å². The highest BCUT2D eigenvalue weighted by Gasteiger charge is 2.66. The Hall–Kier alpha value is -1.70. The number of hydrogen-bond donors (Lipinski definition) is 0. The summed E-state index contributed by atoms with van der Waals surface area (Å²) in [6.07, 6.45) is 0. The fourth-order valence-electron chi connectivity index (χ4n) is 3.31. The summed E-state index contributed by atoms with van der Waals surface area (Å²) in [6, 6.07) is 13.0. The van der Waals surface area contributed by atoms with Crippen LogP contribution in [-0.4, -0.2) is 38.8 Å². The highest BCUT2D eigenvalue weighted by Crippen LogP contribution is 2.69. The second-order valence-electron chi connectivity index (χ2n) is 6.66. The van der Waals surface area contributed by atoms with Gasteiger partial charge in [-0.3, -0.25) is 4.57 Å². The van der Waals surface area contributed by atoms with Crippen LogP contribution in [0.3, 0.4) is 0 Å². The summed E-state index contributed by atoms with van der Waals surface area (Å²) in [7, 11) is -6.03. The minimum absolute atomic E-state index is 0.142. The Balaban J connectivity index is 2.05. The summed E-state index contributed by atoms with van der Waals surface area (Å²) in [5.41, 5.74) is 1.65. The molecule has 9 heteroatoms. The molecule has 158 valence electrons. The molecule has 0 aliphatic carbocycles. The molecule has 0 spiro atoms. The Labute approximate surface area is 172 Å². The minimum Gasteiger partial charge on any atom is -0.497 e. The van der Waals surface area contributed by atoms with Gasteiger partial charge >= 0.3 is 7.60 Å². The monoisotopic (exact) mass is 439 g/mol. The molecule has 0 bridgehead atoms. The molecule has 0 N–H and O–H groups in total. The normalized spacial score (nSPS) is 21.7. The van der Waals surface area contributed by atoms with Crippen LogP contribution < -0.4 is 4.74 Å². The van der Waals surface area contributed by atoms with E-state index < -0.39 is 29.4 Å². The minimum atomic E-state index is -3.89. The number of ether oxygens (including phenoxy) is 1. The molecule has 0 aromatic heterocycles. The first-order valence-electron chi connectivity index (χ1n) is 9.41. The third-order valence-electron chi connectivity index (χ3n) is 4.72. The van der Waals surface area contributed by atoms with Crippen molar-refractivity contribution < 1.29 is 26.8 Å². The van der Waals surface area contributed by atoms with Crippen molar-refractivity contribution in [2.45, 2.75) is 37.5 Å². The van der Waals surface area contributed by atoms with E-state index >= 15 is 0 Å². The Bertz CT molecular complexity index is 981. The van der Waals surface area contributed by atoms with Gasteiger partial charge in [0.15, 0.2) is 0 Å². The first kappa shape index (κ1) is 22.0. The van der Waals surface area contributed by atoms with Gasteiger partial charge in [-0.2, -0.15) is 4.31 Å². The fourth-order valence-corrected chi connectivity index (χ4v) is 7.83. The zero-order chi connectivity index (χ0) is 21.2. The van der Waals surface area contributed by atoms with Crippen LogP contribution in [0.4, 0.5) is 0 Å². The molecule has 1 fully saturated rings. The van der Waals surface area contributed by atoms with Gasteiger partial charge in [0.2, 0.25) is 10.0 Å². The second-order valence-corrected chi connectivity index (χ2v) is 10.6. The number of nitrogens with zero attached hydrogens (tertiary/aromatic N) is 1. The van der Waals surface area contributed by atoms with E-state index in [4.69, 9.17) is 13.8 Å². The van der Waals surface area contributed by atoms with Gasteiger partial charge in [0.25, 0.3) is 0 Å². The van der Waals surface area contributed by atoms with Crippen molar-refractivity contribution in [3.05, 3.63) is 59.7 Å². The van der Waals surface area contributed by atoms with E-state index in [9.17, 15) is 13.0 Å². The topological polar surface area (TPSA) is 81.9 Å². The largest absolute Gasteiger partial charge is 0.497 e. The standard InChI is InChI=1S/C20H26NO6PS/c1-5-26-28(22,27-6-2)20-19(16-9-11-17(25-4)12-10-16)21(20)29(23,24)18-13-7-15(3)8-14-18/h7-14,19-20H,5-6H2,1-4H3/t19-,20+,21?/m0/s1. The average molecular weight is 439 g/mol. The fraction of sp³-hybridized carbons (Fsp3) is 0.400. The zero-order valence-electron chi connectivity index (χ0n) is 16.9. The number of aryl methyl sites for hydroxylation is 1. The van der Waals surface area contributed by atoms with E-state index in [1.807, 2.05) is 6.92 Å². The van der Waals surface area contributed by atoms with Gasteiger partial charge in [-0.05, 0) is 50.6 Å². The van der Waals surface area contributed by atoms with Gasteiger partial charge in [0.1, 0.15) is 11.5 Å². The van der Waals surface area contributed by atoms with Crippen molar-refractivity contribution in [3.63, 3.8) is 0 Å². The van der Waals surface area contributed by atoms with Crippen molar-refractivity contribution in [1.29, 1.82) is 0 Å². The van der Waals surface area contributed by atoms with E-state index in [0.717, 1.165) is 5.56 Å². The Morgan fingerprint density at radius 2 is 1.52 bits per heavy atom. The van der Waals surface area contributed by atoms with E-state index in [1.54, 1.807) is 69.5 Å². The van der Waals surface area contributed by atoms with Crippen molar-refractivity contribution in [2.24, 2.45) is 0 Å². The average Bonchev–Trinajstić information content (AvgIpc) is 3.46. The van der Waals surface area contributed by atoms with Crippen molar-refractivity contribution in [1.82, 2.24) is 4.31 Å². The van der Waals surface area contributed by atoms with Gasteiger partial charge < -0.3 is 13.8 Å². The number of hydrogen-bond acceptors (Lipinski definition) is 6. The Morgan fingerprint density at radius 1 is 0.966 bits per heavy atom. The highest BCUT2D eigenvalue weighted by molar-refractivity contribution is 7.89. The maximum Gasteiger partial charge on any atom is 0.350 e. The van der Waals surface area contributed by atoms with Gasteiger partial charge in [-0.15, -0.1) is 0 Å². The number of rotatable bonds is 9. The molecule has 0 amide bonds. The first-order chi connectivity index (χ1) is 13.8. The van der Waals surface area contributed by atoms with Gasteiger partial charge in [-0.25, -0.2) is 8.42 Å². The summed E-state index contributed by atoms with van der Waals surface area (Å²) < 4.78 is 57.5. The molecule has 1 saturated heterocycles. The lowest BCUT2D eigenvalue weighted by molar-refractivity contribution is 0.216. The Morgan fingerprint density at radius 3 is 2.00 bits per heavy atom. The van der Waals surface area contributed by atoms with Gasteiger partial charge in [0, 0.05) is 0 Å². The van der Waals surface area contributed by atoms with Crippen LogP contribution in [0.1, 0.15) is 31.0 Å². The summed E-state index contributed by atoms with van der Waals surface area (Å²) in [4.78, 5) is 0.142. The van der Waals surface area contributed by atoms with Gasteiger partial charge in [-0.1, -0.05) is 29.8 Å². The third-order valence-corrected chi connectivity index (χ3v) is 9.17. The quantitative estimate of drug-likeness (QED) is 0.427. The molecule has 7 nitrogen and oxygen atoms in total. The lowest BCUT2D eigenvalue weighted by Gasteiger charge is -2.17. The molecule has 1 heterocycles. The maximum absolute atomic E-state index is 13.4. The maximum atomic E-state index is 13.4. The predicted molar refractivity (Wildman–Crippen MR) is 111 cm³/mol. The van der Waals surface area contributed by atoms with Crippen LogP contribution >= 0.6 is 7.60 Å². The Kier molecular flexibility index (Phi) is 6.51. The molecular weight excluding hydrogens is 413 g/mol. The molecule has 1 aliphatic heterocycles. The molecule has 1 aliphatic rings. The summed E-state index contributed by atoms with van der Waals surface area (Å²) in [5.74, 6) is -0.265. The number of benzene rings is 2. The van der Waals surface area contributed by atoms with E-state index in [-0.39, 0.29) is 18.1 Å². The summed E-state index contributed by atoms with van der Waals surface area (Å²) in [5, 5.41) is 0. The third kappa shape index (κ3) is 4.27. The molecule has 0 radical (unpaired) electrons. The van der Waals surface area contributed by atoms with Crippen LogP contribution in [0.15, 0.2) is 53.4 Å². The SMILES string of the molecule is CCOP(=O)(OCC)[C@@H]1[C@H](c2ccc(OC)cc2)N1S(=O)(=O)c1ccc(C)cc1. The van der Waals surface area contributed by atoms with Crippen molar-refractivity contribution in [2.75, 3.05) is 20.3 Å². The lowest BCUT2D eigenvalue weighted by atomic mass is 10.1. The molecule has 29 heavy (non-hydrogen) atoms. The second kappa shape index (κ2) is 8.58. The first-order valence-corrected chi connectivity index (χ1v) is 12.5. The van der Waals surface area contributed by atoms with E-state index in [0.29, 0.717) is 11.3 Å². The van der Waals surface area contributed by atoms with Crippen LogP contribution in [0.2, 0.25) is 0 Å². The number of methoxy groups -OCH3 is 1. The zero-order valence-corrected chi connectivity index (χ0v) is 18.7. The molecule has 1 unspecified atom stereocenters. The molecule has 2 aromatic rings. The number of sulfonamides is 1. The van der Waals surface area contributed by atoms with Crippen molar-refractivity contribution in [3.8, 4) is 5.75 Å². The molecule has 3 atom stereocenters. The smallest absolute Gasteiger partial charge is 0.350 e. The highest BCUT2D eigenvalue weighted by atomic mass is 32.2. The van der Waals surface area contributed by atoms with Crippen molar-refractivity contribution >= 4 is 17.6 Å². The summed E-state index contributed by atoms with van der Waals surface area (Å²) >= 11 is 0. The molecular formula is C20H26NO6PS. The van der Waals surface area contributed by atoms with Crippen LogP contribution in [0.25, 0.3) is 0 Å². The molecule has 2 aromatic carbocycles. The molecule has 0 saturated carbocycles. The lowest BCUT2D eigenvalue weighted by Crippen LogP contribution is -2.16. The summed E-state index contributed by atoms with van der Waals surface area (Å²) in [6.45, 7) is 5.60. The van der Waals surface area contributed by atoms with Crippen LogP contribution in [0.5, 0.6) is 5.75 Å². The van der Waals surface area contributed by atoms with E-state index in [2.05, 4.69) is 0 Å². The molecule has 3 rings (SSSR count). The predicted octanol–water partition coefficient (Wildman–Crippen LogP) is 4.34.